The number of amides is 1. The van der Waals surface area contributed by atoms with Gasteiger partial charge in [-0.3, -0.25) is 14.9 Å². The molecule has 4 rings (SSSR count). The molecule has 2 aromatic carbocycles. The molecule has 2 heterocycles. The largest absolute Gasteiger partial charge is 0.418 e. The number of nitrogens with one attached hydrogen (secondary N) is 1. The van der Waals surface area contributed by atoms with Gasteiger partial charge in [0.25, 0.3) is 5.91 Å². The van der Waals surface area contributed by atoms with E-state index in [1.165, 1.54) is 25.1 Å². The maximum absolute atomic E-state index is 13.5. The minimum absolute atomic E-state index is 0.122. The summed E-state index contributed by atoms with van der Waals surface area (Å²) >= 11 is 5.97. The summed E-state index contributed by atoms with van der Waals surface area (Å²) in [6.45, 7) is 1.43. The second-order valence-electron chi connectivity index (χ2n) is 7.01. The van der Waals surface area contributed by atoms with Gasteiger partial charge in [-0.1, -0.05) is 23.7 Å². The predicted octanol–water partition coefficient (Wildman–Crippen LogP) is 4.35. The van der Waals surface area contributed by atoms with Crippen LogP contribution in [0, 0.1) is 6.92 Å². The van der Waals surface area contributed by atoms with E-state index in [2.05, 4.69) is 15.4 Å². The second kappa shape index (κ2) is 7.79. The maximum atomic E-state index is 13.5. The van der Waals surface area contributed by atoms with Gasteiger partial charge in [0.2, 0.25) is 11.4 Å². The summed E-state index contributed by atoms with van der Waals surface area (Å²) in [5, 5.41) is 6.89. The smallest absolute Gasteiger partial charge is 0.313 e. The van der Waals surface area contributed by atoms with E-state index in [1.54, 1.807) is 29.8 Å². The number of anilines is 1. The highest BCUT2D eigenvalue weighted by atomic mass is 35.5. The zero-order valence-electron chi connectivity index (χ0n) is 16.7. The fraction of sp³-hybridized carbons (Fsp3) is 0.143. The number of benzene rings is 2. The van der Waals surface area contributed by atoms with E-state index in [9.17, 15) is 22.8 Å². The van der Waals surface area contributed by atoms with Crippen LogP contribution in [0.4, 0.5) is 19.1 Å². The Balaban J connectivity index is 1.77. The van der Waals surface area contributed by atoms with E-state index in [1.807, 2.05) is 0 Å². The molecule has 0 atom stereocenters. The Bertz CT molecular complexity index is 1430. The monoisotopic (exact) mass is 461 g/mol. The molecule has 0 aliphatic heterocycles. The normalized spacial score (nSPS) is 11.7. The molecule has 1 N–H and O–H groups in total. The highest BCUT2D eigenvalue weighted by molar-refractivity contribution is 6.31. The van der Waals surface area contributed by atoms with Gasteiger partial charge in [-0.2, -0.15) is 18.3 Å². The average Bonchev–Trinajstić information content (AvgIpc) is 3.01. The highest BCUT2D eigenvalue weighted by Gasteiger charge is 2.34. The van der Waals surface area contributed by atoms with Crippen molar-refractivity contribution < 1.29 is 18.0 Å². The molecule has 32 heavy (non-hydrogen) atoms. The molecule has 164 valence electrons. The van der Waals surface area contributed by atoms with Crippen LogP contribution < -0.4 is 10.7 Å². The van der Waals surface area contributed by atoms with Gasteiger partial charge in [0.05, 0.1) is 22.3 Å². The molecular weight excluding hydrogens is 447 g/mol. The van der Waals surface area contributed by atoms with Gasteiger partial charge in [0.1, 0.15) is 0 Å². The lowest BCUT2D eigenvalue weighted by Crippen LogP contribution is -2.28. The third-order valence-electron chi connectivity index (χ3n) is 4.83. The van der Waals surface area contributed by atoms with Gasteiger partial charge in [0, 0.05) is 23.8 Å². The molecule has 0 saturated carbocycles. The standard InChI is InChI=1S/C21H15ClF3N5O2/c1-11-9-17(31)18(28-30(11)15-6-4-3-5-13(15)21(23,24)25)19(32)27-20-26-14-10-12(22)7-8-16(14)29(20)2/h3-10H,1-2H3,(H,26,27,32). The topological polar surface area (TPSA) is 81.8 Å². The number of aryl methyl sites for hydroxylation is 2. The lowest BCUT2D eigenvalue weighted by molar-refractivity contribution is -0.137. The van der Waals surface area contributed by atoms with E-state index in [-0.39, 0.29) is 17.3 Å². The van der Waals surface area contributed by atoms with Crippen LogP contribution in [-0.2, 0) is 13.2 Å². The minimum Gasteiger partial charge on any atom is -0.313 e. The van der Waals surface area contributed by atoms with E-state index in [0.717, 1.165) is 16.8 Å². The first kappa shape index (κ1) is 21.6. The number of hydrogen-bond acceptors (Lipinski definition) is 4. The number of halogens is 4. The summed E-state index contributed by atoms with van der Waals surface area (Å²) < 4.78 is 42.9. The van der Waals surface area contributed by atoms with Gasteiger partial charge in [-0.25, -0.2) is 9.67 Å². The molecule has 0 aliphatic rings. The van der Waals surface area contributed by atoms with Crippen LogP contribution in [0.15, 0.2) is 53.3 Å². The number of aromatic nitrogens is 4. The van der Waals surface area contributed by atoms with Crippen molar-refractivity contribution >= 4 is 34.5 Å². The van der Waals surface area contributed by atoms with E-state index >= 15 is 0 Å². The van der Waals surface area contributed by atoms with Crippen LogP contribution >= 0.6 is 11.6 Å². The number of para-hydroxylation sites is 1. The Labute approximate surface area is 184 Å². The van der Waals surface area contributed by atoms with Gasteiger partial charge < -0.3 is 4.57 Å². The zero-order chi connectivity index (χ0) is 23.2. The van der Waals surface area contributed by atoms with Crippen LogP contribution in [-0.4, -0.2) is 25.2 Å². The Morgan fingerprint density at radius 3 is 2.56 bits per heavy atom. The summed E-state index contributed by atoms with van der Waals surface area (Å²) in [5.74, 6) is -0.783. The van der Waals surface area contributed by atoms with Crippen molar-refractivity contribution in [1.82, 2.24) is 19.3 Å². The summed E-state index contributed by atoms with van der Waals surface area (Å²) in [4.78, 5) is 29.5. The fourth-order valence-electron chi connectivity index (χ4n) is 3.29. The molecule has 0 spiro atoms. The lowest BCUT2D eigenvalue weighted by atomic mass is 10.1. The Hall–Kier alpha value is -3.66. The third-order valence-corrected chi connectivity index (χ3v) is 5.06. The van der Waals surface area contributed by atoms with Crippen LogP contribution in [0.1, 0.15) is 21.7 Å². The van der Waals surface area contributed by atoms with Crippen molar-refractivity contribution in [2.24, 2.45) is 7.05 Å². The quantitative estimate of drug-likeness (QED) is 0.491. The number of carbonyl (C=O) groups excluding carboxylic acids is 1. The van der Waals surface area contributed by atoms with Gasteiger partial charge in [-0.05, 0) is 37.3 Å². The molecule has 2 aromatic heterocycles. The Morgan fingerprint density at radius 2 is 1.84 bits per heavy atom. The SMILES string of the molecule is Cc1cc(=O)c(C(=O)Nc2nc3cc(Cl)ccc3n2C)nn1-c1ccccc1C(F)(F)F. The first-order valence-electron chi connectivity index (χ1n) is 9.27. The van der Waals surface area contributed by atoms with Crippen LogP contribution in [0.3, 0.4) is 0 Å². The molecule has 0 radical (unpaired) electrons. The van der Waals surface area contributed by atoms with Crippen molar-refractivity contribution in [3.8, 4) is 5.69 Å². The minimum atomic E-state index is -4.65. The Morgan fingerprint density at radius 1 is 1.12 bits per heavy atom. The predicted molar refractivity (Wildman–Crippen MR) is 113 cm³/mol. The molecule has 11 heteroatoms. The van der Waals surface area contributed by atoms with Crippen molar-refractivity contribution in [2.45, 2.75) is 13.1 Å². The van der Waals surface area contributed by atoms with E-state index in [4.69, 9.17) is 11.6 Å². The van der Waals surface area contributed by atoms with E-state index < -0.39 is 28.8 Å². The Kier molecular flexibility index (Phi) is 5.25. The third kappa shape index (κ3) is 3.84. The number of carbonyl (C=O) groups is 1. The molecule has 0 aliphatic carbocycles. The first-order chi connectivity index (χ1) is 15.1. The molecular formula is C21H15ClF3N5O2. The summed E-state index contributed by atoms with van der Waals surface area (Å²) in [6.07, 6.45) is -4.65. The average molecular weight is 462 g/mol. The molecule has 0 saturated heterocycles. The van der Waals surface area contributed by atoms with Crippen LogP contribution in [0.5, 0.6) is 0 Å². The highest BCUT2D eigenvalue weighted by Crippen LogP contribution is 2.33. The number of hydrogen-bond donors (Lipinski definition) is 1. The zero-order valence-corrected chi connectivity index (χ0v) is 17.5. The van der Waals surface area contributed by atoms with Crippen LogP contribution in [0.2, 0.25) is 5.02 Å². The number of nitrogens with zero attached hydrogens (tertiary/aromatic N) is 4. The van der Waals surface area contributed by atoms with Gasteiger partial charge >= 0.3 is 6.18 Å². The molecule has 4 aromatic rings. The lowest BCUT2D eigenvalue weighted by Gasteiger charge is -2.16. The summed E-state index contributed by atoms with van der Waals surface area (Å²) in [5.41, 5.74) is -1.22. The van der Waals surface area contributed by atoms with Crippen LogP contribution in [0.25, 0.3) is 16.7 Å². The van der Waals surface area contributed by atoms with E-state index in [0.29, 0.717) is 16.1 Å². The molecule has 7 nitrogen and oxygen atoms in total. The molecule has 0 unspecified atom stereocenters. The molecule has 0 bridgehead atoms. The second-order valence-corrected chi connectivity index (χ2v) is 7.44. The van der Waals surface area contributed by atoms with Crippen molar-refractivity contribution in [3.05, 3.63) is 80.7 Å². The van der Waals surface area contributed by atoms with Gasteiger partial charge in [0.15, 0.2) is 5.69 Å². The molecule has 0 fully saturated rings. The maximum Gasteiger partial charge on any atom is 0.418 e. The van der Waals surface area contributed by atoms with Crippen molar-refractivity contribution in [2.75, 3.05) is 5.32 Å². The fourth-order valence-corrected chi connectivity index (χ4v) is 3.46. The number of rotatable bonds is 3. The van der Waals surface area contributed by atoms with Gasteiger partial charge in [-0.15, -0.1) is 0 Å². The number of fused-ring (bicyclic) bond motifs is 1. The summed E-state index contributed by atoms with van der Waals surface area (Å²) in [6, 6.07) is 10.8. The van der Waals surface area contributed by atoms with Crippen molar-refractivity contribution in [3.63, 3.8) is 0 Å². The first-order valence-corrected chi connectivity index (χ1v) is 9.65. The summed E-state index contributed by atoms with van der Waals surface area (Å²) in [7, 11) is 1.65. The molecule has 1 amide bonds. The number of imidazole rings is 1. The number of alkyl halides is 3. The van der Waals surface area contributed by atoms with Crippen molar-refractivity contribution in [1.29, 1.82) is 0 Å².